The Morgan fingerprint density at radius 2 is 1.70 bits per heavy atom. The Kier molecular flexibility index (Phi) is 1.67. The van der Waals surface area contributed by atoms with Crippen molar-refractivity contribution >= 4 is 5.71 Å². The third kappa shape index (κ3) is 0.808. The van der Waals surface area contributed by atoms with Crippen molar-refractivity contribution in [3.63, 3.8) is 0 Å². The Balaban J connectivity index is 3.09. The third-order valence-corrected chi connectivity index (χ3v) is 2.87. The Bertz CT molecular complexity index is 197. The van der Waals surface area contributed by atoms with Gasteiger partial charge in [0, 0.05) is 25.0 Å². The molecule has 1 aliphatic heterocycles. The van der Waals surface area contributed by atoms with E-state index in [2.05, 4.69) is 39.3 Å². The number of rotatable bonds is 0. The van der Waals surface area contributed by atoms with Crippen LogP contribution in [0, 0.1) is 0 Å². The average Bonchev–Trinajstić information content (AvgIpc) is 2.07. The van der Waals surface area contributed by atoms with E-state index in [-0.39, 0.29) is 0 Å². The second kappa shape index (κ2) is 2.22. The summed E-state index contributed by atoms with van der Waals surface area (Å²) >= 11 is 0. The fourth-order valence-corrected chi connectivity index (χ4v) is 1.44. The van der Waals surface area contributed by atoms with E-state index < -0.39 is 0 Å². The zero-order valence-electron chi connectivity index (χ0n) is 7.52. The highest BCUT2D eigenvalue weighted by atomic mass is 15.0. The van der Waals surface area contributed by atoms with Gasteiger partial charge < -0.3 is 0 Å². The van der Waals surface area contributed by atoms with Crippen molar-refractivity contribution in [2.45, 2.75) is 33.7 Å². The molecule has 0 radical (unpaired) electrons. The molecule has 0 saturated heterocycles. The molecule has 56 valence electrons. The summed E-state index contributed by atoms with van der Waals surface area (Å²) in [5.74, 6) is 0. The zero-order chi connectivity index (χ0) is 7.89. The molecule has 0 aromatic heterocycles. The minimum Gasteiger partial charge on any atom is -0.230 e. The Morgan fingerprint density at radius 1 is 1.20 bits per heavy atom. The van der Waals surface area contributed by atoms with E-state index >= 15 is 0 Å². The highest BCUT2D eigenvalue weighted by Gasteiger charge is 2.26. The Morgan fingerprint density at radius 3 is 1.80 bits per heavy atom. The predicted octanol–water partition coefficient (Wildman–Crippen LogP) is 1.83. The maximum atomic E-state index is 2.32. The summed E-state index contributed by atoms with van der Waals surface area (Å²) in [5, 5.41) is 0. The van der Waals surface area contributed by atoms with E-state index in [1.165, 1.54) is 16.9 Å². The molecule has 0 aliphatic carbocycles. The summed E-state index contributed by atoms with van der Waals surface area (Å²) in [7, 11) is 2.15. The van der Waals surface area contributed by atoms with Crippen molar-refractivity contribution in [2.24, 2.45) is 0 Å². The van der Waals surface area contributed by atoms with Crippen molar-refractivity contribution in [3.05, 3.63) is 11.1 Å². The number of allylic oxidation sites excluding steroid dienone is 1. The smallest absolute Gasteiger partial charge is 0.176 e. The monoisotopic (exact) mass is 138 g/mol. The quantitative estimate of drug-likeness (QED) is 0.449. The van der Waals surface area contributed by atoms with Gasteiger partial charge in [0.1, 0.15) is 7.05 Å². The van der Waals surface area contributed by atoms with Crippen molar-refractivity contribution in [1.82, 2.24) is 0 Å². The third-order valence-electron chi connectivity index (χ3n) is 2.87. The van der Waals surface area contributed by atoms with Gasteiger partial charge in [-0.05, 0) is 13.8 Å². The van der Waals surface area contributed by atoms with Gasteiger partial charge in [-0.3, -0.25) is 0 Å². The largest absolute Gasteiger partial charge is 0.230 e. The first-order valence-corrected chi connectivity index (χ1v) is 3.80. The molecule has 1 nitrogen and oxygen atoms in total. The van der Waals surface area contributed by atoms with Crippen LogP contribution in [-0.2, 0) is 0 Å². The lowest BCUT2D eigenvalue weighted by Gasteiger charge is -2.00. The number of hydrogen-bond acceptors (Lipinski definition) is 0. The van der Waals surface area contributed by atoms with Crippen LogP contribution in [0.2, 0.25) is 0 Å². The molecule has 1 atom stereocenters. The van der Waals surface area contributed by atoms with Crippen LogP contribution in [0.25, 0.3) is 0 Å². The van der Waals surface area contributed by atoms with E-state index in [0.29, 0.717) is 6.04 Å². The van der Waals surface area contributed by atoms with Gasteiger partial charge in [-0.1, -0.05) is 0 Å². The summed E-state index contributed by atoms with van der Waals surface area (Å²) in [4.78, 5) is 0. The van der Waals surface area contributed by atoms with Crippen LogP contribution >= 0.6 is 0 Å². The second-order valence-electron chi connectivity index (χ2n) is 3.18. The summed E-state index contributed by atoms with van der Waals surface area (Å²) in [6.45, 7) is 8.84. The standard InChI is InChI=1S/C9H16N/c1-6-7(2)9(4)10(5)8(6)3/h8H,1-5H3/q+1. The first-order chi connectivity index (χ1) is 4.55. The maximum Gasteiger partial charge on any atom is 0.176 e. The van der Waals surface area contributed by atoms with Gasteiger partial charge in [0.05, 0.1) is 0 Å². The first-order valence-electron chi connectivity index (χ1n) is 3.80. The van der Waals surface area contributed by atoms with Gasteiger partial charge in [0.25, 0.3) is 0 Å². The van der Waals surface area contributed by atoms with Crippen molar-refractivity contribution in [2.75, 3.05) is 7.05 Å². The molecule has 0 amide bonds. The van der Waals surface area contributed by atoms with Gasteiger partial charge in [-0.25, -0.2) is 4.58 Å². The lowest BCUT2D eigenvalue weighted by Crippen LogP contribution is -2.18. The zero-order valence-corrected chi connectivity index (χ0v) is 7.52. The predicted molar refractivity (Wildman–Crippen MR) is 44.7 cm³/mol. The maximum absolute atomic E-state index is 2.32. The molecule has 1 aliphatic rings. The molecule has 0 saturated carbocycles. The van der Waals surface area contributed by atoms with Crippen molar-refractivity contribution in [3.8, 4) is 0 Å². The molecular formula is C9H16N+. The van der Waals surface area contributed by atoms with Gasteiger partial charge in [-0.15, -0.1) is 0 Å². The number of likely N-dealkylation sites (N-methyl/N-ethyl adjacent to an activating group) is 1. The summed E-state index contributed by atoms with van der Waals surface area (Å²) in [6, 6.07) is 0.611. The fraction of sp³-hybridized carbons (Fsp3) is 0.667. The van der Waals surface area contributed by atoms with E-state index in [1.807, 2.05) is 0 Å². The lowest BCUT2D eigenvalue weighted by atomic mass is 10.1. The molecule has 1 heteroatoms. The van der Waals surface area contributed by atoms with E-state index in [4.69, 9.17) is 0 Å². The summed E-state index contributed by atoms with van der Waals surface area (Å²) in [6.07, 6.45) is 0. The molecule has 1 unspecified atom stereocenters. The molecule has 1 rings (SSSR count). The van der Waals surface area contributed by atoms with Crippen LogP contribution in [0.4, 0.5) is 0 Å². The number of hydrogen-bond donors (Lipinski definition) is 0. The number of nitrogens with zero attached hydrogens (tertiary/aromatic N) is 1. The van der Waals surface area contributed by atoms with Gasteiger partial charge >= 0.3 is 0 Å². The minimum absolute atomic E-state index is 0.611. The molecule has 0 fully saturated rings. The van der Waals surface area contributed by atoms with Gasteiger partial charge in [-0.2, -0.15) is 0 Å². The Hall–Kier alpha value is -0.590. The highest BCUT2D eigenvalue weighted by Crippen LogP contribution is 2.18. The van der Waals surface area contributed by atoms with Gasteiger partial charge in [0.15, 0.2) is 11.8 Å². The molecule has 0 spiro atoms. The Labute approximate surface area is 63.1 Å². The van der Waals surface area contributed by atoms with Crippen LogP contribution in [0.5, 0.6) is 0 Å². The molecule has 1 heterocycles. The fourth-order valence-electron chi connectivity index (χ4n) is 1.44. The lowest BCUT2D eigenvalue weighted by molar-refractivity contribution is -0.519. The summed E-state index contributed by atoms with van der Waals surface area (Å²) < 4.78 is 2.32. The molecule has 0 bridgehead atoms. The van der Waals surface area contributed by atoms with Crippen LogP contribution in [0.3, 0.4) is 0 Å². The van der Waals surface area contributed by atoms with Crippen molar-refractivity contribution < 1.29 is 4.58 Å². The van der Waals surface area contributed by atoms with Crippen LogP contribution in [-0.4, -0.2) is 23.4 Å². The molecular weight excluding hydrogens is 122 g/mol. The van der Waals surface area contributed by atoms with Crippen LogP contribution in [0.15, 0.2) is 11.1 Å². The second-order valence-corrected chi connectivity index (χ2v) is 3.18. The van der Waals surface area contributed by atoms with Gasteiger partial charge in [0.2, 0.25) is 0 Å². The average molecular weight is 138 g/mol. The molecule has 0 aromatic rings. The SMILES string of the molecule is CC1=C(C)C(C)[N+](C)=C1C. The molecule has 0 aromatic carbocycles. The first kappa shape index (κ1) is 7.52. The molecule has 0 N–H and O–H groups in total. The van der Waals surface area contributed by atoms with E-state index in [9.17, 15) is 0 Å². The van der Waals surface area contributed by atoms with E-state index in [1.54, 1.807) is 0 Å². The normalized spacial score (nSPS) is 26.7. The summed E-state index contributed by atoms with van der Waals surface area (Å²) in [5.41, 5.74) is 4.40. The molecule has 10 heavy (non-hydrogen) atoms. The van der Waals surface area contributed by atoms with E-state index in [0.717, 1.165) is 0 Å². The topological polar surface area (TPSA) is 3.01 Å². The van der Waals surface area contributed by atoms with Crippen LogP contribution in [0.1, 0.15) is 27.7 Å². The van der Waals surface area contributed by atoms with Crippen molar-refractivity contribution in [1.29, 1.82) is 0 Å². The van der Waals surface area contributed by atoms with Crippen LogP contribution < -0.4 is 0 Å². The highest BCUT2D eigenvalue weighted by molar-refractivity contribution is 5.95. The minimum atomic E-state index is 0.611.